The van der Waals surface area contributed by atoms with Crippen molar-refractivity contribution >= 4 is 13.8 Å². The van der Waals surface area contributed by atoms with Crippen molar-refractivity contribution < 1.29 is 33.1 Å². The second kappa shape index (κ2) is 18.3. The van der Waals surface area contributed by atoms with Crippen molar-refractivity contribution in [3.63, 3.8) is 0 Å². The van der Waals surface area contributed by atoms with E-state index in [-0.39, 0.29) is 19.6 Å². The third-order valence-corrected chi connectivity index (χ3v) is 4.92. The Kier molecular flexibility index (Phi) is 17.8. The number of ether oxygens (including phenoxy) is 1. The Hall–Kier alpha value is -0.760. The summed E-state index contributed by atoms with van der Waals surface area (Å²) in [5, 5.41) is 9.21. The lowest BCUT2D eigenvalue weighted by Gasteiger charge is -2.17. The maximum absolute atomic E-state index is 11.8. The van der Waals surface area contributed by atoms with Gasteiger partial charge in [-0.1, -0.05) is 51.2 Å². The molecule has 0 aromatic heterocycles. The van der Waals surface area contributed by atoms with E-state index in [0.29, 0.717) is 6.42 Å². The number of carbonyl (C=O) groups excluding carboxylic acids is 1. The van der Waals surface area contributed by atoms with E-state index in [9.17, 15) is 19.4 Å². The molecule has 0 radical (unpaired) electrons. The fraction of sp³-hybridized carbons (Fsp3) is 0.842. The Balaban J connectivity index is 3.75. The lowest BCUT2D eigenvalue weighted by atomic mass is 10.1. The number of phosphoric acid groups is 1. The molecule has 0 aliphatic rings. The van der Waals surface area contributed by atoms with E-state index in [1.54, 1.807) is 0 Å². The van der Waals surface area contributed by atoms with E-state index in [4.69, 9.17) is 10.5 Å². The number of unbranched alkanes of at least 4 members (excludes halogenated alkanes) is 7. The maximum Gasteiger partial charge on any atom is 0.472 e. The number of carbonyl (C=O) groups is 1. The van der Waals surface area contributed by atoms with Crippen LogP contribution in [0.25, 0.3) is 0 Å². The molecule has 28 heavy (non-hydrogen) atoms. The highest BCUT2D eigenvalue weighted by Crippen LogP contribution is 2.42. The maximum atomic E-state index is 11.8. The second-order valence-corrected chi connectivity index (χ2v) is 8.05. The molecule has 0 fully saturated rings. The Morgan fingerprint density at radius 2 is 1.71 bits per heavy atom. The SMILES string of the molecule is CCCC/C=C\CCCCCCCC(=O)O[C@H](CO)COP(=O)(O)OCCN. The van der Waals surface area contributed by atoms with E-state index < -0.39 is 33.1 Å². The molecule has 0 amide bonds. The molecule has 0 rings (SSSR count). The van der Waals surface area contributed by atoms with Crippen LogP contribution >= 0.6 is 7.82 Å². The number of hydrogen-bond donors (Lipinski definition) is 3. The third kappa shape index (κ3) is 17.3. The Bertz CT molecular complexity index is 460. The molecule has 1 unspecified atom stereocenters. The summed E-state index contributed by atoms with van der Waals surface area (Å²) >= 11 is 0. The number of esters is 1. The molecule has 4 N–H and O–H groups in total. The summed E-state index contributed by atoms with van der Waals surface area (Å²) in [5.41, 5.74) is 5.17. The molecule has 0 aromatic rings. The van der Waals surface area contributed by atoms with E-state index in [2.05, 4.69) is 28.1 Å². The van der Waals surface area contributed by atoms with Gasteiger partial charge in [-0.3, -0.25) is 13.8 Å². The highest BCUT2D eigenvalue weighted by Gasteiger charge is 2.24. The number of aliphatic hydroxyl groups is 1. The van der Waals surface area contributed by atoms with Gasteiger partial charge >= 0.3 is 13.8 Å². The summed E-state index contributed by atoms with van der Waals surface area (Å²) in [4.78, 5) is 21.2. The van der Waals surface area contributed by atoms with Crippen molar-refractivity contribution in [2.75, 3.05) is 26.4 Å². The van der Waals surface area contributed by atoms with Crippen molar-refractivity contribution in [3.8, 4) is 0 Å². The fourth-order valence-electron chi connectivity index (χ4n) is 2.37. The monoisotopic (exact) mass is 423 g/mol. The van der Waals surface area contributed by atoms with Gasteiger partial charge in [0.25, 0.3) is 0 Å². The molecular formula is C19H38NO7P. The standard InChI is InChI=1S/C19H38NO7P/c1-2-3-4-5-6-7-8-9-10-11-12-13-19(22)27-18(16-21)17-26-28(23,24)25-15-14-20/h5-6,18,21H,2-4,7-17,20H2,1H3,(H,23,24)/b6-5-/t18-/m1/s1. The number of hydrogen-bond acceptors (Lipinski definition) is 7. The summed E-state index contributed by atoms with van der Waals surface area (Å²) in [5.74, 6) is -0.461. The van der Waals surface area contributed by atoms with E-state index in [1.165, 1.54) is 12.8 Å². The fourth-order valence-corrected chi connectivity index (χ4v) is 3.14. The number of allylic oxidation sites excluding steroid dienone is 2. The van der Waals surface area contributed by atoms with E-state index in [0.717, 1.165) is 38.5 Å². The van der Waals surface area contributed by atoms with Crippen LogP contribution in [0.15, 0.2) is 12.2 Å². The van der Waals surface area contributed by atoms with E-state index in [1.807, 2.05) is 0 Å². The Labute approximate surface area is 169 Å². The predicted molar refractivity (Wildman–Crippen MR) is 109 cm³/mol. The largest absolute Gasteiger partial charge is 0.472 e. The van der Waals surface area contributed by atoms with Gasteiger partial charge in [-0.05, 0) is 25.7 Å². The first-order valence-corrected chi connectivity index (χ1v) is 11.7. The third-order valence-electron chi connectivity index (χ3n) is 3.94. The first-order valence-electron chi connectivity index (χ1n) is 10.2. The minimum atomic E-state index is -4.25. The Morgan fingerprint density at radius 1 is 1.07 bits per heavy atom. The first kappa shape index (κ1) is 27.2. The topological polar surface area (TPSA) is 128 Å². The molecule has 0 saturated carbocycles. The van der Waals surface area contributed by atoms with Crippen LogP contribution in [-0.2, 0) is 23.1 Å². The molecule has 0 aliphatic carbocycles. The molecule has 9 heteroatoms. The Morgan fingerprint density at radius 3 is 2.36 bits per heavy atom. The highest BCUT2D eigenvalue weighted by molar-refractivity contribution is 7.47. The summed E-state index contributed by atoms with van der Waals surface area (Å²) in [6.45, 7) is 1.20. The number of phosphoric ester groups is 1. The molecule has 0 saturated heterocycles. The lowest BCUT2D eigenvalue weighted by Crippen LogP contribution is -2.27. The minimum Gasteiger partial charge on any atom is -0.457 e. The van der Waals surface area contributed by atoms with Crippen LogP contribution in [0.5, 0.6) is 0 Å². The molecule has 2 atom stereocenters. The minimum absolute atomic E-state index is 0.0714. The molecule has 166 valence electrons. The zero-order chi connectivity index (χ0) is 21.1. The van der Waals surface area contributed by atoms with Crippen molar-refractivity contribution in [2.24, 2.45) is 5.73 Å². The van der Waals surface area contributed by atoms with Crippen LogP contribution in [0.3, 0.4) is 0 Å². The van der Waals surface area contributed by atoms with Gasteiger partial charge in [0.05, 0.1) is 19.8 Å². The van der Waals surface area contributed by atoms with Gasteiger partial charge in [0.2, 0.25) is 0 Å². The molecule has 0 aliphatic heterocycles. The highest BCUT2D eigenvalue weighted by atomic mass is 31.2. The zero-order valence-electron chi connectivity index (χ0n) is 17.1. The summed E-state index contributed by atoms with van der Waals surface area (Å²) < 4.78 is 25.8. The summed E-state index contributed by atoms with van der Waals surface area (Å²) in [6.07, 6.45) is 13.5. The predicted octanol–water partition coefficient (Wildman–Crippen LogP) is 3.46. The number of rotatable bonds is 19. The zero-order valence-corrected chi connectivity index (χ0v) is 18.0. The van der Waals surface area contributed by atoms with Gasteiger partial charge in [-0.25, -0.2) is 4.57 Å². The van der Waals surface area contributed by atoms with Gasteiger partial charge in [0.1, 0.15) is 6.10 Å². The van der Waals surface area contributed by atoms with Gasteiger partial charge < -0.3 is 20.5 Å². The van der Waals surface area contributed by atoms with Gasteiger partial charge in [-0.2, -0.15) is 0 Å². The van der Waals surface area contributed by atoms with Crippen molar-refractivity contribution in [2.45, 2.75) is 77.2 Å². The molecule has 0 spiro atoms. The smallest absolute Gasteiger partial charge is 0.457 e. The molecule has 0 aromatic carbocycles. The quantitative estimate of drug-likeness (QED) is 0.125. The number of aliphatic hydroxyl groups excluding tert-OH is 1. The average Bonchev–Trinajstić information content (AvgIpc) is 2.67. The first-order chi connectivity index (χ1) is 13.4. The summed E-state index contributed by atoms with van der Waals surface area (Å²) in [6, 6.07) is 0. The van der Waals surface area contributed by atoms with Gasteiger partial charge in [0.15, 0.2) is 0 Å². The van der Waals surface area contributed by atoms with Gasteiger partial charge in [-0.15, -0.1) is 0 Å². The van der Waals surface area contributed by atoms with Crippen molar-refractivity contribution in [1.29, 1.82) is 0 Å². The van der Waals surface area contributed by atoms with Crippen molar-refractivity contribution in [3.05, 3.63) is 12.2 Å². The normalized spacial score (nSPS) is 14.9. The van der Waals surface area contributed by atoms with Gasteiger partial charge in [0, 0.05) is 13.0 Å². The van der Waals surface area contributed by atoms with Crippen LogP contribution in [-0.4, -0.2) is 48.4 Å². The van der Waals surface area contributed by atoms with Crippen LogP contribution in [0.4, 0.5) is 0 Å². The molecule has 8 nitrogen and oxygen atoms in total. The van der Waals surface area contributed by atoms with Crippen LogP contribution in [0, 0.1) is 0 Å². The van der Waals surface area contributed by atoms with Crippen LogP contribution in [0.2, 0.25) is 0 Å². The number of nitrogens with two attached hydrogens (primary N) is 1. The van der Waals surface area contributed by atoms with Crippen LogP contribution in [0.1, 0.15) is 71.1 Å². The summed E-state index contributed by atoms with van der Waals surface area (Å²) in [7, 11) is -4.25. The lowest BCUT2D eigenvalue weighted by molar-refractivity contribution is -0.153. The van der Waals surface area contributed by atoms with E-state index >= 15 is 0 Å². The molecular weight excluding hydrogens is 385 g/mol. The average molecular weight is 423 g/mol. The molecule has 0 heterocycles. The second-order valence-electron chi connectivity index (χ2n) is 6.60. The van der Waals surface area contributed by atoms with Crippen molar-refractivity contribution in [1.82, 2.24) is 0 Å². The molecule has 0 bridgehead atoms. The van der Waals surface area contributed by atoms with Crippen LogP contribution < -0.4 is 5.73 Å².